The normalized spacial score (nSPS) is 32.3. The summed E-state index contributed by atoms with van der Waals surface area (Å²) in [5, 5.41) is -0.742. The number of nitrogens with one attached hydrogen (secondary N) is 1. The number of hydrogen-bond acceptors (Lipinski definition) is 8. The van der Waals surface area contributed by atoms with Crippen LogP contribution in [0.4, 0.5) is 10.1 Å². The van der Waals surface area contributed by atoms with Crippen LogP contribution in [-0.2, 0) is 36.4 Å². The first-order chi connectivity index (χ1) is 23.2. The summed E-state index contributed by atoms with van der Waals surface area (Å²) < 4.78 is 81.6. The molecule has 3 aliphatic heterocycles. The summed E-state index contributed by atoms with van der Waals surface area (Å²) in [4.78, 5) is 15.8. The lowest BCUT2D eigenvalue weighted by Gasteiger charge is -2.48. The van der Waals surface area contributed by atoms with Crippen LogP contribution in [0.3, 0.4) is 0 Å². The largest absolute Gasteiger partial charge is 0.490 e. The highest BCUT2D eigenvalue weighted by Gasteiger charge is 2.47. The van der Waals surface area contributed by atoms with Gasteiger partial charge < -0.3 is 14.4 Å². The Hall–Kier alpha value is -2.67. The number of carbonyl (C=O) groups is 1. The monoisotopic (exact) mass is 734 g/mol. The molecule has 266 valence electrons. The number of hydrogen-bond donors (Lipinski definition) is 1. The summed E-state index contributed by atoms with van der Waals surface area (Å²) >= 11 is 6.23. The fourth-order valence-corrected chi connectivity index (χ4v) is 10.5. The zero-order valence-corrected chi connectivity index (χ0v) is 30.5. The van der Waals surface area contributed by atoms with Crippen molar-refractivity contribution in [2.45, 2.75) is 69.1 Å². The maximum absolute atomic E-state index is 15.4. The number of fused-ring (bicyclic) bond motifs is 6. The van der Waals surface area contributed by atoms with Gasteiger partial charge in [0.05, 0.1) is 41.0 Å². The Morgan fingerprint density at radius 3 is 2.67 bits per heavy atom. The van der Waals surface area contributed by atoms with E-state index in [1.54, 1.807) is 31.2 Å². The fourth-order valence-electron chi connectivity index (χ4n) is 8.60. The molecule has 9 nitrogen and oxygen atoms in total. The molecule has 13 heteroatoms. The SMILES string of the molecule is C[C@@H]1[C@@H](C)S(=O)(=O)NC(=O)c2ccc3c(c2)N(C[C@@H]2CC[C@H]2[C@@H](OCCS(C)(=O)=O)C2=C[C@H]1C2)C[C@@]1(CCCc2c1ccc(Cl)c2F)CO3. The maximum Gasteiger partial charge on any atom is 0.264 e. The summed E-state index contributed by atoms with van der Waals surface area (Å²) in [5.74, 6) is -0.554. The van der Waals surface area contributed by atoms with E-state index in [2.05, 4.69) is 15.7 Å². The van der Waals surface area contributed by atoms with Crippen molar-refractivity contribution in [3.8, 4) is 5.75 Å². The molecule has 6 aliphatic rings. The maximum atomic E-state index is 15.4. The standard InChI is InChI=1S/C36H44ClFN2O7S2/c1-21-22(2)49(44,45)39-35(41)23-7-11-32-31(17-23)40(19-36(20-47-32)12-4-5-28-29(36)9-10-30(37)33(28)38)18-24-6-8-27(24)34(26-15-25(21)16-26)46-13-14-48(3,42)43/h7,9-11,15,17,21-22,24-25,27,34H,4-6,8,12-14,16,18-20H2,1-3H3,(H,39,41)/t21-,22-,24+,25+,27-,34+,36+/m1/s1. The Morgan fingerprint density at radius 2 is 1.96 bits per heavy atom. The fraction of sp³-hybridized carbons (Fsp3) is 0.583. The van der Waals surface area contributed by atoms with Gasteiger partial charge in [0.1, 0.15) is 21.4 Å². The number of sulfone groups is 1. The second-order valence-electron chi connectivity index (χ2n) is 14.9. The first kappa shape index (κ1) is 34.8. The van der Waals surface area contributed by atoms with Crippen LogP contribution in [0.15, 0.2) is 42.0 Å². The number of rotatable bonds is 4. The summed E-state index contributed by atoms with van der Waals surface area (Å²) in [6, 6.07) is 8.54. The van der Waals surface area contributed by atoms with E-state index in [1.165, 1.54) is 6.26 Å². The van der Waals surface area contributed by atoms with Crippen LogP contribution in [0.5, 0.6) is 5.75 Å². The van der Waals surface area contributed by atoms with Crippen molar-refractivity contribution < 1.29 is 35.5 Å². The molecule has 3 heterocycles. The van der Waals surface area contributed by atoms with Gasteiger partial charge in [0.2, 0.25) is 10.0 Å². The lowest BCUT2D eigenvalue weighted by Crippen LogP contribution is -2.51. The Kier molecular flexibility index (Phi) is 9.10. The number of amides is 1. The number of nitrogens with zero attached hydrogens (tertiary/aromatic N) is 1. The van der Waals surface area contributed by atoms with Crippen LogP contribution in [0.2, 0.25) is 5.02 Å². The molecule has 0 saturated heterocycles. The van der Waals surface area contributed by atoms with Crippen LogP contribution >= 0.6 is 11.6 Å². The summed E-state index contributed by atoms with van der Waals surface area (Å²) in [7, 11) is -7.24. The molecule has 0 radical (unpaired) electrons. The van der Waals surface area contributed by atoms with Crippen molar-refractivity contribution in [1.82, 2.24) is 4.72 Å². The quantitative estimate of drug-likeness (QED) is 0.412. The third kappa shape index (κ3) is 6.51. The van der Waals surface area contributed by atoms with Crippen LogP contribution in [0.25, 0.3) is 0 Å². The van der Waals surface area contributed by atoms with Gasteiger partial charge in [-0.3, -0.25) is 4.79 Å². The molecule has 3 aliphatic carbocycles. The molecule has 2 aromatic carbocycles. The average Bonchev–Trinajstić information content (AvgIpc) is 3.15. The van der Waals surface area contributed by atoms with Gasteiger partial charge in [-0.1, -0.05) is 30.7 Å². The van der Waals surface area contributed by atoms with Crippen LogP contribution < -0.4 is 14.4 Å². The molecule has 1 N–H and O–H groups in total. The Morgan fingerprint density at radius 1 is 1.18 bits per heavy atom. The number of sulfonamides is 1. The van der Waals surface area contributed by atoms with Gasteiger partial charge in [-0.05, 0) is 110 Å². The predicted molar refractivity (Wildman–Crippen MR) is 187 cm³/mol. The minimum absolute atomic E-state index is 0.0158. The van der Waals surface area contributed by atoms with Gasteiger partial charge >= 0.3 is 0 Å². The second kappa shape index (κ2) is 12.8. The molecule has 0 aromatic heterocycles. The van der Waals surface area contributed by atoms with Crippen LogP contribution in [0, 0.1) is 29.5 Å². The summed E-state index contributed by atoms with van der Waals surface area (Å²) in [5.41, 5.74) is 2.91. The van der Waals surface area contributed by atoms with Crippen molar-refractivity contribution in [2.24, 2.45) is 23.7 Å². The topological polar surface area (TPSA) is 119 Å². The highest BCUT2D eigenvalue weighted by atomic mass is 35.5. The summed E-state index contributed by atoms with van der Waals surface area (Å²) in [6.45, 7) is 5.00. The van der Waals surface area contributed by atoms with E-state index in [0.717, 1.165) is 36.8 Å². The highest BCUT2D eigenvalue weighted by molar-refractivity contribution is 7.90. The zero-order chi connectivity index (χ0) is 34.9. The van der Waals surface area contributed by atoms with E-state index in [-0.39, 0.29) is 52.7 Å². The third-order valence-electron chi connectivity index (χ3n) is 11.9. The summed E-state index contributed by atoms with van der Waals surface area (Å²) in [6.07, 6.45) is 7.64. The van der Waals surface area contributed by atoms with Gasteiger partial charge in [-0.2, -0.15) is 0 Å². The van der Waals surface area contributed by atoms with E-state index < -0.39 is 42.2 Å². The zero-order valence-electron chi connectivity index (χ0n) is 28.1. The number of allylic oxidation sites excluding steroid dienone is 1. The van der Waals surface area contributed by atoms with Crippen molar-refractivity contribution in [3.63, 3.8) is 0 Å². The lowest BCUT2D eigenvalue weighted by molar-refractivity contribution is -0.0207. The lowest BCUT2D eigenvalue weighted by atomic mass is 9.64. The van der Waals surface area contributed by atoms with E-state index in [0.29, 0.717) is 49.5 Å². The number of ether oxygens (including phenoxy) is 2. The van der Waals surface area contributed by atoms with E-state index >= 15 is 4.39 Å². The third-order valence-corrected chi connectivity index (χ3v) is 15.0. The van der Waals surface area contributed by atoms with Crippen molar-refractivity contribution in [2.75, 3.05) is 43.2 Å². The van der Waals surface area contributed by atoms with E-state index in [9.17, 15) is 21.6 Å². The van der Waals surface area contributed by atoms with Crippen molar-refractivity contribution >= 4 is 43.1 Å². The smallest absolute Gasteiger partial charge is 0.264 e. The molecule has 4 bridgehead atoms. The molecule has 1 spiro atoms. The Labute approximate surface area is 293 Å². The molecule has 8 rings (SSSR count). The molecule has 1 amide bonds. The van der Waals surface area contributed by atoms with Crippen molar-refractivity contribution in [1.29, 1.82) is 0 Å². The van der Waals surface area contributed by atoms with Gasteiger partial charge in [-0.15, -0.1) is 0 Å². The Bertz CT molecular complexity index is 1920. The van der Waals surface area contributed by atoms with Gasteiger partial charge in [0, 0.05) is 30.3 Å². The van der Waals surface area contributed by atoms with Gasteiger partial charge in [-0.25, -0.2) is 25.9 Å². The predicted octanol–water partition coefficient (Wildman–Crippen LogP) is 5.45. The average molecular weight is 735 g/mol. The molecule has 49 heavy (non-hydrogen) atoms. The van der Waals surface area contributed by atoms with Gasteiger partial charge in [0.25, 0.3) is 5.91 Å². The van der Waals surface area contributed by atoms with E-state index in [1.807, 2.05) is 13.0 Å². The van der Waals surface area contributed by atoms with Crippen LogP contribution in [-0.4, -0.2) is 72.4 Å². The van der Waals surface area contributed by atoms with E-state index in [4.69, 9.17) is 21.1 Å². The molecular weight excluding hydrogens is 691 g/mol. The molecule has 7 atom stereocenters. The molecule has 0 unspecified atom stereocenters. The highest BCUT2D eigenvalue weighted by Crippen LogP contribution is 2.50. The van der Waals surface area contributed by atoms with Crippen LogP contribution in [0.1, 0.15) is 67.4 Å². The molecule has 1 saturated carbocycles. The number of halogens is 2. The molecule has 2 aromatic rings. The first-order valence-electron chi connectivity index (χ1n) is 17.2. The first-order valence-corrected chi connectivity index (χ1v) is 21.2. The van der Waals surface area contributed by atoms with Gasteiger partial charge in [0.15, 0.2) is 0 Å². The molecule has 1 fully saturated rings. The minimum Gasteiger partial charge on any atom is -0.490 e. The number of carbonyl (C=O) groups excluding carboxylic acids is 1. The molecular formula is C36H44ClFN2O7S2. The number of benzene rings is 2. The Balaban J connectivity index is 1.30. The minimum atomic E-state index is -4.02. The van der Waals surface area contributed by atoms with Crippen molar-refractivity contribution in [3.05, 3.63) is 69.5 Å². The second-order valence-corrected chi connectivity index (χ2v) is 19.7. The number of anilines is 1.